The van der Waals surface area contributed by atoms with Crippen LogP contribution in [-0.2, 0) is 6.54 Å². The first kappa shape index (κ1) is 15.1. The van der Waals surface area contributed by atoms with Crippen LogP contribution in [0.25, 0.3) is 22.4 Å². The molecule has 0 radical (unpaired) electrons. The molecule has 0 spiro atoms. The van der Waals surface area contributed by atoms with E-state index in [0.29, 0.717) is 17.9 Å². The molecule has 2 heterocycles. The van der Waals surface area contributed by atoms with Crippen LogP contribution < -0.4 is 5.32 Å². The molecule has 1 N–H and O–H groups in total. The first-order valence-electron chi connectivity index (χ1n) is 7.91. The maximum atomic E-state index is 12.3. The van der Waals surface area contributed by atoms with Gasteiger partial charge in [0.1, 0.15) is 5.58 Å². The second-order valence-corrected chi connectivity index (χ2v) is 5.64. The minimum Gasteiger partial charge on any atom is -0.464 e. The Morgan fingerprint density at radius 2 is 1.80 bits per heavy atom. The molecule has 0 unspecified atom stereocenters. The molecule has 25 heavy (non-hydrogen) atoms. The van der Waals surface area contributed by atoms with E-state index in [0.717, 1.165) is 22.1 Å². The summed E-state index contributed by atoms with van der Waals surface area (Å²) in [6.45, 7) is 0.431. The van der Waals surface area contributed by atoms with Crippen molar-refractivity contribution in [3.63, 3.8) is 0 Å². The normalized spacial score (nSPS) is 10.7. The summed E-state index contributed by atoms with van der Waals surface area (Å²) in [5, 5.41) is 3.90. The Bertz CT molecular complexity index is 1010. The predicted octanol–water partition coefficient (Wildman–Crippen LogP) is 3.82. The number of carbonyl (C=O) groups is 1. The molecule has 2 aromatic carbocycles. The molecule has 0 atom stereocenters. The highest BCUT2D eigenvalue weighted by Gasteiger charge is 2.08. The summed E-state index contributed by atoms with van der Waals surface area (Å²) >= 11 is 0. The summed E-state index contributed by atoms with van der Waals surface area (Å²) in [6, 6.07) is 17.4. The zero-order valence-electron chi connectivity index (χ0n) is 13.3. The smallest absolute Gasteiger partial charge is 0.254 e. The highest BCUT2D eigenvalue weighted by atomic mass is 16.3. The average Bonchev–Trinajstić information content (AvgIpc) is 3.15. The van der Waals surface area contributed by atoms with Gasteiger partial charge in [0.25, 0.3) is 5.91 Å². The Kier molecular flexibility index (Phi) is 3.96. The Hall–Kier alpha value is -3.47. The van der Waals surface area contributed by atoms with Gasteiger partial charge in [-0.05, 0) is 23.8 Å². The van der Waals surface area contributed by atoms with Gasteiger partial charge in [-0.1, -0.05) is 36.4 Å². The van der Waals surface area contributed by atoms with Crippen molar-refractivity contribution in [1.29, 1.82) is 0 Å². The number of hydrogen-bond acceptors (Lipinski definition) is 4. The number of nitrogens with zero attached hydrogens (tertiary/aromatic N) is 2. The van der Waals surface area contributed by atoms with Crippen LogP contribution in [-0.4, -0.2) is 15.9 Å². The third kappa shape index (κ3) is 3.26. The maximum Gasteiger partial charge on any atom is 0.254 e. The number of amides is 1. The van der Waals surface area contributed by atoms with Gasteiger partial charge < -0.3 is 9.73 Å². The molecule has 2 aromatic heterocycles. The van der Waals surface area contributed by atoms with Crippen LogP contribution in [0.1, 0.15) is 15.9 Å². The molecular formula is C20H15N3O2. The lowest BCUT2D eigenvalue weighted by Crippen LogP contribution is -2.23. The van der Waals surface area contributed by atoms with E-state index < -0.39 is 0 Å². The summed E-state index contributed by atoms with van der Waals surface area (Å²) in [5.41, 5.74) is 3.19. The number of fused-ring (bicyclic) bond motifs is 1. The second-order valence-electron chi connectivity index (χ2n) is 5.64. The van der Waals surface area contributed by atoms with E-state index >= 15 is 0 Å². The lowest BCUT2D eigenvalue weighted by Gasteiger charge is -2.06. The topological polar surface area (TPSA) is 68.0 Å². The van der Waals surface area contributed by atoms with Gasteiger partial charge in [-0.3, -0.25) is 4.79 Å². The van der Waals surface area contributed by atoms with Crippen LogP contribution in [0, 0.1) is 0 Å². The second kappa shape index (κ2) is 6.57. The third-order valence-corrected chi connectivity index (χ3v) is 3.92. The van der Waals surface area contributed by atoms with Crippen molar-refractivity contribution in [3.8, 4) is 11.4 Å². The molecule has 0 aliphatic rings. The molecule has 0 bridgehead atoms. The van der Waals surface area contributed by atoms with Gasteiger partial charge in [-0.15, -0.1) is 0 Å². The van der Waals surface area contributed by atoms with E-state index in [-0.39, 0.29) is 5.91 Å². The van der Waals surface area contributed by atoms with Crippen LogP contribution in [0.4, 0.5) is 0 Å². The van der Waals surface area contributed by atoms with E-state index in [4.69, 9.17) is 4.42 Å². The molecule has 0 aliphatic heterocycles. The Morgan fingerprint density at radius 1 is 1.00 bits per heavy atom. The average molecular weight is 329 g/mol. The van der Waals surface area contributed by atoms with Crippen LogP contribution in [0.3, 0.4) is 0 Å². The number of hydrogen-bond donors (Lipinski definition) is 1. The van der Waals surface area contributed by atoms with E-state index in [1.165, 1.54) is 0 Å². The van der Waals surface area contributed by atoms with Gasteiger partial charge >= 0.3 is 0 Å². The molecule has 5 nitrogen and oxygen atoms in total. The zero-order chi connectivity index (χ0) is 17.1. The van der Waals surface area contributed by atoms with Crippen molar-refractivity contribution in [2.75, 3.05) is 0 Å². The van der Waals surface area contributed by atoms with Crippen molar-refractivity contribution < 1.29 is 9.21 Å². The van der Waals surface area contributed by atoms with Crippen molar-refractivity contribution in [1.82, 2.24) is 15.3 Å². The fourth-order valence-corrected chi connectivity index (χ4v) is 2.59. The van der Waals surface area contributed by atoms with Gasteiger partial charge in [0.05, 0.1) is 11.8 Å². The minimum absolute atomic E-state index is 0.202. The van der Waals surface area contributed by atoms with Gasteiger partial charge in [-0.25, -0.2) is 9.97 Å². The number of carbonyl (C=O) groups excluding carboxylic acids is 1. The van der Waals surface area contributed by atoms with E-state index in [1.807, 2.05) is 54.6 Å². The zero-order valence-corrected chi connectivity index (χ0v) is 13.3. The third-order valence-electron chi connectivity index (χ3n) is 3.92. The Labute approximate surface area is 144 Å². The molecule has 0 saturated carbocycles. The summed E-state index contributed by atoms with van der Waals surface area (Å²) in [6.07, 6.45) is 4.74. The largest absolute Gasteiger partial charge is 0.464 e. The number of benzene rings is 2. The van der Waals surface area contributed by atoms with Crippen molar-refractivity contribution in [2.24, 2.45) is 0 Å². The van der Waals surface area contributed by atoms with E-state index in [1.54, 1.807) is 18.7 Å². The summed E-state index contributed by atoms with van der Waals surface area (Å²) in [4.78, 5) is 20.8. The van der Waals surface area contributed by atoms with E-state index in [2.05, 4.69) is 15.3 Å². The Balaban J connectivity index is 1.44. The lowest BCUT2D eigenvalue weighted by molar-refractivity contribution is 0.0950. The number of rotatable bonds is 4. The molecule has 5 heteroatoms. The van der Waals surface area contributed by atoms with Crippen LogP contribution in [0.15, 0.2) is 77.7 Å². The summed E-state index contributed by atoms with van der Waals surface area (Å²) < 4.78 is 5.31. The first-order chi connectivity index (χ1) is 12.3. The molecule has 4 aromatic rings. The highest BCUT2D eigenvalue weighted by Crippen LogP contribution is 2.17. The fraction of sp³-hybridized carbons (Fsp3) is 0.0500. The van der Waals surface area contributed by atoms with Crippen LogP contribution >= 0.6 is 0 Å². The van der Waals surface area contributed by atoms with Crippen molar-refractivity contribution >= 4 is 16.9 Å². The van der Waals surface area contributed by atoms with Crippen LogP contribution in [0.2, 0.25) is 0 Å². The molecule has 0 saturated heterocycles. The molecule has 1 amide bonds. The molecule has 0 aliphatic carbocycles. The standard InChI is InChI=1S/C20H15N3O2/c24-20(23-11-14-6-7-18-16(10-14)8-9-25-18)17-12-21-19(22-13-17)15-4-2-1-3-5-15/h1-10,12-13H,11H2,(H,23,24). The lowest BCUT2D eigenvalue weighted by atomic mass is 10.1. The summed E-state index contributed by atoms with van der Waals surface area (Å²) in [7, 11) is 0. The molecule has 4 rings (SSSR count). The first-order valence-corrected chi connectivity index (χ1v) is 7.91. The van der Waals surface area contributed by atoms with Crippen LogP contribution in [0.5, 0.6) is 0 Å². The van der Waals surface area contributed by atoms with Gasteiger partial charge in [0.2, 0.25) is 0 Å². The van der Waals surface area contributed by atoms with Gasteiger partial charge in [0, 0.05) is 29.9 Å². The SMILES string of the molecule is O=C(NCc1ccc2occc2c1)c1cnc(-c2ccccc2)nc1. The molecular weight excluding hydrogens is 314 g/mol. The van der Waals surface area contributed by atoms with E-state index in [9.17, 15) is 4.79 Å². The Morgan fingerprint density at radius 3 is 2.60 bits per heavy atom. The van der Waals surface area contributed by atoms with Gasteiger partial charge in [-0.2, -0.15) is 0 Å². The monoisotopic (exact) mass is 329 g/mol. The number of nitrogens with one attached hydrogen (secondary N) is 1. The summed E-state index contributed by atoms with van der Waals surface area (Å²) in [5.74, 6) is 0.398. The van der Waals surface area contributed by atoms with Gasteiger partial charge in [0.15, 0.2) is 5.82 Å². The van der Waals surface area contributed by atoms with Crippen molar-refractivity contribution in [2.45, 2.75) is 6.54 Å². The quantitative estimate of drug-likeness (QED) is 0.618. The minimum atomic E-state index is -0.202. The van der Waals surface area contributed by atoms with Crippen molar-refractivity contribution in [3.05, 3.63) is 84.4 Å². The number of aromatic nitrogens is 2. The fourth-order valence-electron chi connectivity index (χ4n) is 2.59. The highest BCUT2D eigenvalue weighted by molar-refractivity contribution is 5.93. The molecule has 0 fully saturated rings. The number of furan rings is 1. The predicted molar refractivity (Wildman–Crippen MR) is 94.9 cm³/mol. The maximum absolute atomic E-state index is 12.3. The molecule has 122 valence electrons.